The summed E-state index contributed by atoms with van der Waals surface area (Å²) in [6, 6.07) is 15.4. The molecule has 0 radical (unpaired) electrons. The predicted molar refractivity (Wildman–Crippen MR) is 121 cm³/mol. The van der Waals surface area contributed by atoms with E-state index in [0.29, 0.717) is 6.42 Å². The van der Waals surface area contributed by atoms with Gasteiger partial charge < -0.3 is 0 Å². The van der Waals surface area contributed by atoms with Crippen LogP contribution in [0.25, 0.3) is 0 Å². The van der Waals surface area contributed by atoms with Gasteiger partial charge in [0, 0.05) is 9.79 Å². The lowest BCUT2D eigenvalue weighted by Gasteiger charge is -2.24. The Kier molecular flexibility index (Phi) is 8.38. The number of benzene rings is 2. The Morgan fingerprint density at radius 2 is 1.32 bits per heavy atom. The second-order valence-electron chi connectivity index (χ2n) is 8.20. The van der Waals surface area contributed by atoms with Crippen molar-refractivity contribution in [1.82, 2.24) is 0 Å². The largest absolute Gasteiger partial charge is 0.253 e. The molecule has 0 aromatic heterocycles. The third kappa shape index (κ3) is 6.52. The number of hydrogen-bond acceptors (Lipinski definition) is 2. The highest BCUT2D eigenvalue weighted by molar-refractivity contribution is 8.03. The van der Waals surface area contributed by atoms with Crippen LogP contribution >= 0.6 is 0 Å². The molecule has 0 bridgehead atoms. The van der Waals surface area contributed by atoms with Gasteiger partial charge in [0.1, 0.15) is 4.58 Å². The van der Waals surface area contributed by atoms with Crippen molar-refractivity contribution in [2.75, 3.05) is 0 Å². The summed E-state index contributed by atoms with van der Waals surface area (Å²) in [6.07, 6.45) is 5.44. The average Bonchev–Trinajstić information content (AvgIpc) is 2.65. The SMILES string of the molecule is C=CCC(C)(C)CCCC([S@@](=O)c1ccc(C)cc1)[S@@](=O)c1ccc(C)cc1. The van der Waals surface area contributed by atoms with Crippen LogP contribution in [0.3, 0.4) is 0 Å². The summed E-state index contributed by atoms with van der Waals surface area (Å²) in [5, 5.41) is 0. The van der Waals surface area contributed by atoms with Crippen molar-refractivity contribution in [2.24, 2.45) is 5.41 Å². The van der Waals surface area contributed by atoms with Crippen LogP contribution in [0, 0.1) is 19.3 Å². The van der Waals surface area contributed by atoms with Gasteiger partial charge in [-0.15, -0.1) is 6.58 Å². The van der Waals surface area contributed by atoms with Gasteiger partial charge in [-0.25, -0.2) is 0 Å². The molecule has 2 atom stereocenters. The van der Waals surface area contributed by atoms with Crippen LogP contribution in [0.4, 0.5) is 0 Å². The second kappa shape index (κ2) is 10.3. The highest BCUT2D eigenvalue weighted by Crippen LogP contribution is 2.30. The fraction of sp³-hybridized carbons (Fsp3) is 0.417. The van der Waals surface area contributed by atoms with E-state index in [1.165, 1.54) is 0 Å². The third-order valence-corrected chi connectivity index (χ3v) is 8.92. The molecule has 2 aromatic carbocycles. The lowest BCUT2D eigenvalue weighted by atomic mass is 9.84. The highest BCUT2D eigenvalue weighted by Gasteiger charge is 2.27. The molecule has 0 spiro atoms. The van der Waals surface area contributed by atoms with E-state index in [-0.39, 0.29) is 5.41 Å². The zero-order chi connectivity index (χ0) is 20.7. The van der Waals surface area contributed by atoms with Crippen LogP contribution in [0.5, 0.6) is 0 Å². The van der Waals surface area contributed by atoms with Gasteiger partial charge in [-0.3, -0.25) is 8.42 Å². The summed E-state index contributed by atoms with van der Waals surface area (Å²) in [6.45, 7) is 12.3. The molecule has 0 saturated heterocycles. The van der Waals surface area contributed by atoms with Crippen molar-refractivity contribution >= 4 is 21.6 Å². The Morgan fingerprint density at radius 3 is 1.71 bits per heavy atom. The molecular weight excluding hydrogens is 384 g/mol. The summed E-state index contributed by atoms with van der Waals surface area (Å²) in [7, 11) is -2.64. The standard InChI is InChI=1S/C24H32O2S2/c1-6-17-24(4,5)18-7-8-23(27(25)21-13-9-19(2)10-14-21)28(26)22-15-11-20(3)12-16-22/h6,9-16,23H,1,7-8,17-18H2,2-5H3/t27-,28-/m0/s1. The van der Waals surface area contributed by atoms with Gasteiger partial charge >= 0.3 is 0 Å². The monoisotopic (exact) mass is 416 g/mol. The van der Waals surface area contributed by atoms with E-state index < -0.39 is 26.2 Å². The molecule has 0 aliphatic heterocycles. The van der Waals surface area contributed by atoms with E-state index in [4.69, 9.17) is 0 Å². The maximum absolute atomic E-state index is 13.3. The summed E-state index contributed by atoms with van der Waals surface area (Å²) in [5.74, 6) is 0. The Bertz CT molecular complexity index is 763. The van der Waals surface area contributed by atoms with Crippen molar-refractivity contribution in [1.29, 1.82) is 0 Å². The van der Waals surface area contributed by atoms with Gasteiger partial charge in [0.05, 0.1) is 21.6 Å². The summed E-state index contributed by atoms with van der Waals surface area (Å²) in [5.41, 5.74) is 2.41. The molecule has 2 rings (SSSR count). The number of allylic oxidation sites excluding steroid dienone is 1. The fourth-order valence-electron chi connectivity index (χ4n) is 3.18. The maximum Gasteiger partial charge on any atom is 0.119 e. The van der Waals surface area contributed by atoms with E-state index in [1.807, 2.05) is 68.5 Å². The first-order valence-electron chi connectivity index (χ1n) is 9.79. The molecule has 0 N–H and O–H groups in total. The molecule has 2 nitrogen and oxygen atoms in total. The van der Waals surface area contributed by atoms with Gasteiger partial charge in [-0.05, 0) is 62.8 Å². The molecule has 0 unspecified atom stereocenters. The molecule has 0 fully saturated rings. The van der Waals surface area contributed by atoms with Gasteiger partial charge in [-0.2, -0.15) is 0 Å². The molecular formula is C24H32O2S2. The van der Waals surface area contributed by atoms with Crippen molar-refractivity contribution < 1.29 is 8.42 Å². The fourth-order valence-corrected chi connectivity index (χ4v) is 6.66. The Labute approximate surface area is 175 Å². The minimum atomic E-state index is -1.32. The predicted octanol–water partition coefficient (Wildman–Crippen LogP) is 6.32. The first-order chi connectivity index (χ1) is 13.2. The van der Waals surface area contributed by atoms with Gasteiger partial charge in [-0.1, -0.05) is 61.7 Å². The molecule has 152 valence electrons. The first-order valence-corrected chi connectivity index (χ1v) is 12.2. The van der Waals surface area contributed by atoms with Crippen LogP contribution in [0.1, 0.15) is 50.7 Å². The normalized spacial score (nSPS) is 14.0. The number of rotatable bonds is 10. The van der Waals surface area contributed by atoms with Crippen LogP contribution in [-0.2, 0) is 21.6 Å². The number of aryl methyl sites for hydroxylation is 2. The van der Waals surface area contributed by atoms with Crippen molar-refractivity contribution in [3.8, 4) is 0 Å². The maximum atomic E-state index is 13.3. The quantitative estimate of drug-likeness (QED) is 0.425. The highest BCUT2D eigenvalue weighted by atomic mass is 32.2. The van der Waals surface area contributed by atoms with Crippen LogP contribution in [0.2, 0.25) is 0 Å². The van der Waals surface area contributed by atoms with Crippen molar-refractivity contribution in [3.63, 3.8) is 0 Å². The van der Waals surface area contributed by atoms with Crippen LogP contribution in [-0.4, -0.2) is 13.0 Å². The summed E-state index contributed by atoms with van der Waals surface area (Å²) in [4.78, 5) is 1.50. The lowest BCUT2D eigenvalue weighted by Crippen LogP contribution is -2.23. The molecule has 0 aliphatic rings. The molecule has 0 heterocycles. The second-order valence-corrected chi connectivity index (χ2v) is 11.8. The molecule has 0 aliphatic carbocycles. The van der Waals surface area contributed by atoms with Crippen molar-refractivity contribution in [3.05, 3.63) is 72.3 Å². The van der Waals surface area contributed by atoms with Gasteiger partial charge in [0.2, 0.25) is 0 Å². The Balaban J connectivity index is 2.22. The minimum Gasteiger partial charge on any atom is -0.253 e. The van der Waals surface area contributed by atoms with Gasteiger partial charge in [0.25, 0.3) is 0 Å². The third-order valence-electron chi connectivity index (χ3n) is 4.97. The first kappa shape index (κ1) is 22.8. The van der Waals surface area contributed by atoms with Crippen LogP contribution < -0.4 is 0 Å². The summed E-state index contributed by atoms with van der Waals surface area (Å²) >= 11 is 0. The van der Waals surface area contributed by atoms with E-state index in [1.54, 1.807) is 0 Å². The molecule has 2 aromatic rings. The van der Waals surface area contributed by atoms with E-state index >= 15 is 0 Å². The lowest BCUT2D eigenvalue weighted by molar-refractivity contribution is 0.327. The zero-order valence-corrected chi connectivity index (χ0v) is 19.1. The molecule has 0 amide bonds. The zero-order valence-electron chi connectivity index (χ0n) is 17.4. The topological polar surface area (TPSA) is 34.1 Å². The van der Waals surface area contributed by atoms with Crippen molar-refractivity contribution in [2.45, 2.75) is 67.8 Å². The van der Waals surface area contributed by atoms with E-state index in [0.717, 1.165) is 40.2 Å². The smallest absolute Gasteiger partial charge is 0.119 e. The Morgan fingerprint density at radius 1 is 0.893 bits per heavy atom. The minimum absolute atomic E-state index is 0.156. The Hall–Kier alpha value is -1.52. The molecule has 28 heavy (non-hydrogen) atoms. The number of hydrogen-bond donors (Lipinski definition) is 0. The van der Waals surface area contributed by atoms with Crippen LogP contribution in [0.15, 0.2) is 71.0 Å². The van der Waals surface area contributed by atoms with Gasteiger partial charge in [0.15, 0.2) is 0 Å². The van der Waals surface area contributed by atoms with E-state index in [2.05, 4.69) is 20.4 Å². The summed E-state index contributed by atoms with van der Waals surface area (Å²) < 4.78 is 26.2. The van der Waals surface area contributed by atoms with E-state index in [9.17, 15) is 8.42 Å². The molecule has 0 saturated carbocycles. The molecule has 4 heteroatoms. The average molecular weight is 417 g/mol.